The molecule has 0 aromatic heterocycles. The Morgan fingerprint density at radius 1 is 0.851 bits per heavy atom. The summed E-state index contributed by atoms with van der Waals surface area (Å²) >= 11 is 13.1. The highest BCUT2D eigenvalue weighted by Gasteiger charge is 2.35. The van der Waals surface area contributed by atoms with E-state index in [-0.39, 0.29) is 23.8 Å². The van der Waals surface area contributed by atoms with Crippen LogP contribution in [0.4, 0.5) is 5.69 Å². The zero-order chi connectivity index (χ0) is 34.0. The molecule has 0 aliphatic rings. The first-order valence-corrected chi connectivity index (χ1v) is 17.6. The molecule has 2 amide bonds. The van der Waals surface area contributed by atoms with Crippen LogP contribution in [0.5, 0.6) is 5.75 Å². The Morgan fingerprint density at radius 2 is 1.49 bits per heavy atom. The Labute approximate surface area is 287 Å². The van der Waals surface area contributed by atoms with E-state index in [9.17, 15) is 18.0 Å². The lowest BCUT2D eigenvalue weighted by atomic mass is 10.0. The van der Waals surface area contributed by atoms with Crippen LogP contribution >= 0.6 is 23.2 Å². The van der Waals surface area contributed by atoms with Gasteiger partial charge in [0.2, 0.25) is 11.8 Å². The Hall–Kier alpha value is -4.05. The first kappa shape index (κ1) is 35.8. The third-order valence-electron chi connectivity index (χ3n) is 7.53. The monoisotopic (exact) mass is 695 g/mol. The molecule has 248 valence electrons. The molecule has 4 aromatic carbocycles. The maximum absolute atomic E-state index is 14.6. The van der Waals surface area contributed by atoms with Crippen molar-refractivity contribution >= 4 is 50.7 Å². The summed E-state index contributed by atoms with van der Waals surface area (Å²) < 4.78 is 35.0. The molecule has 0 unspecified atom stereocenters. The van der Waals surface area contributed by atoms with Crippen molar-refractivity contribution in [2.75, 3.05) is 24.0 Å². The largest absolute Gasteiger partial charge is 0.494 e. The molecule has 47 heavy (non-hydrogen) atoms. The minimum atomic E-state index is -4.26. The fourth-order valence-corrected chi connectivity index (χ4v) is 6.95. The molecular formula is C36H39Cl2N3O5S. The quantitative estimate of drug-likeness (QED) is 0.144. The number of aryl methyl sites for hydroxylation is 1. The van der Waals surface area contributed by atoms with E-state index in [1.165, 1.54) is 17.0 Å². The SMILES string of the molecule is CCCNC(=O)[C@@H](Cc1ccccc1)N(Cc1c(Cl)cccc1Cl)C(=O)CN(c1ccc(C)cc1)S(=O)(=O)c1ccc(OCC)cc1. The van der Waals surface area contributed by atoms with Gasteiger partial charge in [-0.1, -0.05) is 84.2 Å². The molecule has 0 aliphatic carbocycles. The van der Waals surface area contributed by atoms with E-state index in [1.807, 2.05) is 51.1 Å². The maximum atomic E-state index is 14.6. The number of hydrogen-bond acceptors (Lipinski definition) is 5. The molecule has 0 aliphatic heterocycles. The van der Waals surface area contributed by atoms with E-state index in [0.717, 1.165) is 15.4 Å². The first-order valence-electron chi connectivity index (χ1n) is 15.4. The van der Waals surface area contributed by atoms with Gasteiger partial charge >= 0.3 is 0 Å². The zero-order valence-electron chi connectivity index (χ0n) is 26.7. The Kier molecular flexibility index (Phi) is 12.7. The number of halogens is 2. The van der Waals surface area contributed by atoms with Crippen molar-refractivity contribution in [3.63, 3.8) is 0 Å². The highest BCUT2D eigenvalue weighted by atomic mass is 35.5. The first-order chi connectivity index (χ1) is 22.5. The number of anilines is 1. The lowest BCUT2D eigenvalue weighted by Crippen LogP contribution is -2.53. The number of amides is 2. The third kappa shape index (κ3) is 9.28. The van der Waals surface area contributed by atoms with Crippen LogP contribution in [0.2, 0.25) is 10.0 Å². The van der Waals surface area contributed by atoms with Crippen molar-refractivity contribution in [2.24, 2.45) is 0 Å². The van der Waals surface area contributed by atoms with E-state index in [2.05, 4.69) is 5.32 Å². The lowest BCUT2D eigenvalue weighted by molar-refractivity contribution is -0.140. The van der Waals surface area contributed by atoms with E-state index in [4.69, 9.17) is 27.9 Å². The normalized spacial score (nSPS) is 11.9. The van der Waals surface area contributed by atoms with Crippen LogP contribution in [-0.4, -0.2) is 50.9 Å². The van der Waals surface area contributed by atoms with Crippen molar-refractivity contribution < 1.29 is 22.7 Å². The molecule has 0 saturated heterocycles. The van der Waals surface area contributed by atoms with Gasteiger partial charge in [-0.25, -0.2) is 8.42 Å². The summed E-state index contributed by atoms with van der Waals surface area (Å²) in [7, 11) is -4.26. The van der Waals surface area contributed by atoms with Gasteiger partial charge in [0.15, 0.2) is 0 Å². The fourth-order valence-electron chi connectivity index (χ4n) is 5.02. The number of benzene rings is 4. The van der Waals surface area contributed by atoms with E-state index >= 15 is 0 Å². The summed E-state index contributed by atoms with van der Waals surface area (Å²) in [5, 5.41) is 3.56. The van der Waals surface area contributed by atoms with Crippen molar-refractivity contribution in [3.8, 4) is 5.75 Å². The average molecular weight is 697 g/mol. The summed E-state index contributed by atoms with van der Waals surface area (Å²) in [4.78, 5) is 29.7. The molecule has 0 radical (unpaired) electrons. The summed E-state index contributed by atoms with van der Waals surface area (Å²) in [6.45, 7) is 5.78. The minimum Gasteiger partial charge on any atom is -0.494 e. The van der Waals surface area contributed by atoms with Gasteiger partial charge in [0.05, 0.1) is 17.2 Å². The molecule has 11 heteroatoms. The van der Waals surface area contributed by atoms with Crippen molar-refractivity contribution in [2.45, 2.75) is 51.1 Å². The molecule has 0 spiro atoms. The van der Waals surface area contributed by atoms with Crippen LogP contribution in [0.3, 0.4) is 0 Å². The predicted octanol–water partition coefficient (Wildman–Crippen LogP) is 7.06. The number of ether oxygens (including phenoxy) is 1. The molecule has 8 nitrogen and oxygen atoms in total. The summed E-state index contributed by atoms with van der Waals surface area (Å²) in [5.74, 6) is -0.457. The van der Waals surface area contributed by atoms with Crippen LogP contribution < -0.4 is 14.4 Å². The van der Waals surface area contributed by atoms with Crippen molar-refractivity contribution in [1.29, 1.82) is 0 Å². The van der Waals surface area contributed by atoms with Gasteiger partial charge in [-0.2, -0.15) is 0 Å². The molecule has 4 rings (SSSR count). The Morgan fingerprint density at radius 3 is 2.09 bits per heavy atom. The van der Waals surface area contributed by atoms with Crippen LogP contribution in [0.1, 0.15) is 37.0 Å². The number of nitrogens with one attached hydrogen (secondary N) is 1. The van der Waals surface area contributed by atoms with E-state index in [1.54, 1.807) is 54.6 Å². The van der Waals surface area contributed by atoms with Gasteiger partial charge in [0.1, 0.15) is 18.3 Å². The van der Waals surface area contributed by atoms with Gasteiger partial charge < -0.3 is 15.0 Å². The molecule has 0 fully saturated rings. The molecular weight excluding hydrogens is 657 g/mol. The van der Waals surface area contributed by atoms with Crippen molar-refractivity contribution in [1.82, 2.24) is 10.2 Å². The predicted molar refractivity (Wildman–Crippen MR) is 188 cm³/mol. The van der Waals surface area contributed by atoms with Crippen LogP contribution in [0.15, 0.2) is 102 Å². The highest BCUT2D eigenvalue weighted by Crippen LogP contribution is 2.29. The van der Waals surface area contributed by atoms with Gasteiger partial charge in [0, 0.05) is 35.1 Å². The smallest absolute Gasteiger partial charge is 0.264 e. The highest BCUT2D eigenvalue weighted by molar-refractivity contribution is 7.92. The van der Waals surface area contributed by atoms with E-state index < -0.39 is 28.5 Å². The van der Waals surface area contributed by atoms with Gasteiger partial charge in [0.25, 0.3) is 10.0 Å². The van der Waals surface area contributed by atoms with Crippen LogP contribution in [-0.2, 0) is 32.6 Å². The van der Waals surface area contributed by atoms with Crippen LogP contribution in [0, 0.1) is 6.92 Å². The van der Waals surface area contributed by atoms with E-state index in [0.29, 0.717) is 46.6 Å². The molecule has 0 saturated carbocycles. The van der Waals surface area contributed by atoms with Gasteiger partial charge in [-0.15, -0.1) is 0 Å². The molecule has 1 N–H and O–H groups in total. The molecule has 0 heterocycles. The molecule has 0 bridgehead atoms. The second kappa shape index (κ2) is 16.7. The topological polar surface area (TPSA) is 96.0 Å². The summed E-state index contributed by atoms with van der Waals surface area (Å²) in [6, 6.07) is 26.2. The Balaban J connectivity index is 1.81. The molecule has 4 aromatic rings. The minimum absolute atomic E-state index is 0.0171. The number of carbonyl (C=O) groups excluding carboxylic acids is 2. The van der Waals surface area contributed by atoms with Crippen LogP contribution in [0.25, 0.3) is 0 Å². The number of hydrogen-bond donors (Lipinski definition) is 1. The molecule has 1 atom stereocenters. The number of nitrogens with zero attached hydrogens (tertiary/aromatic N) is 2. The van der Waals surface area contributed by atoms with Crippen molar-refractivity contribution in [3.05, 3.63) is 124 Å². The Bertz CT molecular complexity index is 1730. The number of sulfonamides is 1. The van der Waals surface area contributed by atoms with Gasteiger partial charge in [-0.3, -0.25) is 13.9 Å². The lowest BCUT2D eigenvalue weighted by Gasteiger charge is -2.34. The summed E-state index contributed by atoms with van der Waals surface area (Å²) in [5.41, 5.74) is 2.49. The fraction of sp³-hybridized carbons (Fsp3) is 0.278. The number of carbonyl (C=O) groups is 2. The standard InChI is InChI=1S/C36H39Cl2N3O5S/c1-4-22-39-36(43)34(23-27-10-7-6-8-11-27)40(24-31-32(37)12-9-13-33(31)38)35(42)25-41(28-16-14-26(3)15-17-28)47(44,45)30-20-18-29(19-21-30)46-5-2/h6-21,34H,4-5,22-25H2,1-3H3,(H,39,43)/t34-/m1/s1. The summed E-state index contributed by atoms with van der Waals surface area (Å²) in [6.07, 6.45) is 0.871. The number of rotatable bonds is 15. The average Bonchev–Trinajstić information content (AvgIpc) is 3.06. The maximum Gasteiger partial charge on any atom is 0.264 e. The second-order valence-electron chi connectivity index (χ2n) is 11.0. The second-order valence-corrected chi connectivity index (χ2v) is 13.6. The third-order valence-corrected chi connectivity index (χ3v) is 10.0. The zero-order valence-corrected chi connectivity index (χ0v) is 29.0. The van der Waals surface area contributed by atoms with Gasteiger partial charge in [-0.05, 0) is 74.4 Å².